The Morgan fingerprint density at radius 2 is 2.07 bits per heavy atom. The molecule has 0 bridgehead atoms. The summed E-state index contributed by atoms with van der Waals surface area (Å²) in [6.45, 7) is 2.09. The Bertz CT molecular complexity index is 299. The minimum Gasteiger partial charge on any atom is -0.504 e. The number of hydrogen-bond acceptors (Lipinski definition) is 3. The molecular weight excluding hydrogens is 178 g/mol. The zero-order valence-electron chi connectivity index (χ0n) is 8.40. The van der Waals surface area contributed by atoms with Crippen LogP contribution in [0.25, 0.3) is 0 Å². The van der Waals surface area contributed by atoms with Gasteiger partial charge >= 0.3 is 0 Å². The number of rotatable bonds is 4. The van der Waals surface area contributed by atoms with Crippen LogP contribution >= 0.6 is 0 Å². The van der Waals surface area contributed by atoms with Gasteiger partial charge in [0.1, 0.15) is 0 Å². The highest BCUT2D eigenvalue weighted by molar-refractivity contribution is 5.45. The van der Waals surface area contributed by atoms with Crippen LogP contribution in [-0.2, 0) is 0 Å². The normalized spacial score (nSPS) is 12.7. The quantitative estimate of drug-likeness (QED) is 0.646. The fourth-order valence-electron chi connectivity index (χ4n) is 1.43. The summed E-state index contributed by atoms with van der Waals surface area (Å²) in [6, 6.07) is 4.69. The maximum absolute atomic E-state index is 9.54. The number of hydrogen-bond donors (Lipinski definition) is 3. The van der Waals surface area contributed by atoms with E-state index in [1.165, 1.54) is 6.07 Å². The van der Waals surface area contributed by atoms with Crippen molar-refractivity contribution in [1.29, 1.82) is 0 Å². The molecule has 0 amide bonds. The van der Waals surface area contributed by atoms with Crippen molar-refractivity contribution in [3.05, 3.63) is 23.8 Å². The van der Waals surface area contributed by atoms with Gasteiger partial charge in [-0.25, -0.2) is 0 Å². The smallest absolute Gasteiger partial charge is 0.162 e. The molecule has 0 radical (unpaired) electrons. The molecule has 14 heavy (non-hydrogen) atoms. The molecule has 0 aliphatic heterocycles. The topological polar surface area (TPSA) is 66.5 Å². The maximum Gasteiger partial charge on any atom is 0.162 e. The molecule has 0 aromatic heterocycles. The first-order valence-corrected chi connectivity index (χ1v) is 4.93. The van der Waals surface area contributed by atoms with Crippen LogP contribution in [0.15, 0.2) is 18.2 Å². The van der Waals surface area contributed by atoms with Crippen molar-refractivity contribution in [2.24, 2.45) is 5.73 Å². The molecule has 1 aromatic carbocycles. The van der Waals surface area contributed by atoms with Crippen LogP contribution in [0.1, 0.15) is 37.8 Å². The molecule has 3 heteroatoms. The van der Waals surface area contributed by atoms with Crippen LogP contribution in [0.3, 0.4) is 0 Å². The van der Waals surface area contributed by atoms with Gasteiger partial charge in [0, 0.05) is 11.6 Å². The van der Waals surface area contributed by atoms with Crippen molar-refractivity contribution in [2.75, 3.05) is 0 Å². The first kappa shape index (κ1) is 10.9. The second kappa shape index (κ2) is 4.86. The average Bonchev–Trinajstić information content (AvgIpc) is 2.18. The molecule has 0 unspecified atom stereocenters. The Balaban J connectivity index is 2.79. The number of phenolic OH excluding ortho intramolecular Hbond substituents is 2. The fraction of sp³-hybridized carbons (Fsp3) is 0.455. The van der Waals surface area contributed by atoms with E-state index in [0.717, 1.165) is 19.3 Å². The van der Waals surface area contributed by atoms with Gasteiger partial charge in [0.25, 0.3) is 0 Å². The first-order valence-electron chi connectivity index (χ1n) is 4.93. The monoisotopic (exact) mass is 195 g/mol. The van der Waals surface area contributed by atoms with Gasteiger partial charge in [-0.3, -0.25) is 0 Å². The van der Waals surface area contributed by atoms with Crippen LogP contribution in [0.4, 0.5) is 0 Å². The lowest BCUT2D eigenvalue weighted by atomic mass is 10.0. The summed E-state index contributed by atoms with van der Waals surface area (Å²) < 4.78 is 0. The van der Waals surface area contributed by atoms with Gasteiger partial charge in [-0.2, -0.15) is 0 Å². The van der Waals surface area contributed by atoms with Crippen LogP contribution in [0.2, 0.25) is 0 Å². The van der Waals surface area contributed by atoms with Gasteiger partial charge in [0.15, 0.2) is 11.5 Å². The molecule has 0 saturated heterocycles. The molecule has 0 saturated carbocycles. The third-order valence-corrected chi connectivity index (χ3v) is 2.31. The Labute approximate surface area is 84.2 Å². The molecule has 0 aliphatic carbocycles. The van der Waals surface area contributed by atoms with Crippen LogP contribution in [0.5, 0.6) is 11.5 Å². The number of phenols is 2. The van der Waals surface area contributed by atoms with Crippen molar-refractivity contribution in [1.82, 2.24) is 0 Å². The summed E-state index contributed by atoms with van der Waals surface area (Å²) in [7, 11) is 0. The highest BCUT2D eigenvalue weighted by Crippen LogP contribution is 2.33. The van der Waals surface area contributed by atoms with Gasteiger partial charge in [0.2, 0.25) is 0 Å². The summed E-state index contributed by atoms with van der Waals surface area (Å²) in [4.78, 5) is 0. The molecule has 4 N–H and O–H groups in total. The Hall–Kier alpha value is -1.22. The molecule has 0 aliphatic rings. The van der Waals surface area contributed by atoms with Gasteiger partial charge in [-0.15, -0.1) is 0 Å². The van der Waals surface area contributed by atoms with E-state index in [4.69, 9.17) is 5.73 Å². The Morgan fingerprint density at radius 3 is 2.71 bits per heavy atom. The maximum atomic E-state index is 9.54. The zero-order valence-corrected chi connectivity index (χ0v) is 8.40. The fourth-order valence-corrected chi connectivity index (χ4v) is 1.43. The van der Waals surface area contributed by atoms with Crippen molar-refractivity contribution in [2.45, 2.75) is 32.2 Å². The third kappa shape index (κ3) is 2.39. The molecule has 1 atom stereocenters. The number of unbranched alkanes of at least 4 members (excludes halogenated alkanes) is 1. The molecule has 0 spiro atoms. The SMILES string of the molecule is CCCC[C@@H](N)c1cccc(O)c1O. The average molecular weight is 195 g/mol. The highest BCUT2D eigenvalue weighted by atomic mass is 16.3. The second-order valence-corrected chi connectivity index (χ2v) is 3.46. The molecule has 1 aromatic rings. The minimum atomic E-state index is -0.193. The first-order chi connectivity index (χ1) is 6.66. The second-order valence-electron chi connectivity index (χ2n) is 3.46. The van der Waals surface area contributed by atoms with Crippen LogP contribution < -0.4 is 5.73 Å². The summed E-state index contributed by atoms with van der Waals surface area (Å²) in [6.07, 6.45) is 2.93. The van der Waals surface area contributed by atoms with Crippen LogP contribution in [-0.4, -0.2) is 10.2 Å². The van der Waals surface area contributed by atoms with Gasteiger partial charge in [-0.05, 0) is 12.5 Å². The lowest BCUT2D eigenvalue weighted by Crippen LogP contribution is -2.10. The zero-order chi connectivity index (χ0) is 10.6. The summed E-state index contributed by atoms with van der Waals surface area (Å²) in [5.41, 5.74) is 6.50. The van der Waals surface area contributed by atoms with E-state index < -0.39 is 0 Å². The van der Waals surface area contributed by atoms with E-state index in [9.17, 15) is 10.2 Å². The molecule has 0 fully saturated rings. The summed E-state index contributed by atoms with van der Waals surface area (Å²) in [5.74, 6) is -0.189. The van der Waals surface area contributed by atoms with E-state index >= 15 is 0 Å². The lowest BCUT2D eigenvalue weighted by Gasteiger charge is -2.13. The molecular formula is C11H17NO2. The van der Waals surface area contributed by atoms with Crippen molar-refractivity contribution in [3.8, 4) is 11.5 Å². The highest BCUT2D eigenvalue weighted by Gasteiger charge is 2.12. The standard InChI is InChI=1S/C11H17NO2/c1-2-3-6-9(12)8-5-4-7-10(13)11(8)14/h4-5,7,9,13-14H,2-3,6,12H2,1H3/t9-/m1/s1. The lowest BCUT2D eigenvalue weighted by molar-refractivity contribution is 0.394. The number of para-hydroxylation sites is 1. The summed E-state index contributed by atoms with van der Waals surface area (Å²) >= 11 is 0. The Morgan fingerprint density at radius 1 is 1.36 bits per heavy atom. The Kier molecular flexibility index (Phi) is 3.77. The molecule has 0 heterocycles. The van der Waals surface area contributed by atoms with E-state index in [1.807, 2.05) is 0 Å². The predicted molar refractivity (Wildman–Crippen MR) is 56.2 cm³/mol. The third-order valence-electron chi connectivity index (χ3n) is 2.31. The largest absolute Gasteiger partial charge is 0.504 e. The van der Waals surface area contributed by atoms with E-state index in [1.54, 1.807) is 12.1 Å². The molecule has 78 valence electrons. The van der Waals surface area contributed by atoms with Crippen molar-refractivity contribution in [3.63, 3.8) is 0 Å². The van der Waals surface area contributed by atoms with Gasteiger partial charge in [-0.1, -0.05) is 31.9 Å². The molecule has 1 rings (SSSR count). The van der Waals surface area contributed by atoms with Crippen molar-refractivity contribution >= 4 is 0 Å². The number of nitrogens with two attached hydrogens (primary N) is 1. The van der Waals surface area contributed by atoms with Crippen molar-refractivity contribution < 1.29 is 10.2 Å². The van der Waals surface area contributed by atoms with E-state index in [0.29, 0.717) is 5.56 Å². The van der Waals surface area contributed by atoms with Crippen LogP contribution in [0, 0.1) is 0 Å². The minimum absolute atomic E-state index is 0.0869. The predicted octanol–water partition coefficient (Wildman–Crippen LogP) is 2.29. The van der Waals surface area contributed by atoms with E-state index in [-0.39, 0.29) is 17.5 Å². The summed E-state index contributed by atoms with van der Waals surface area (Å²) in [5, 5.41) is 18.8. The number of benzene rings is 1. The van der Waals surface area contributed by atoms with Gasteiger partial charge < -0.3 is 15.9 Å². The number of aromatic hydroxyl groups is 2. The van der Waals surface area contributed by atoms with Gasteiger partial charge in [0.05, 0.1) is 0 Å². The molecule has 3 nitrogen and oxygen atoms in total. The van der Waals surface area contributed by atoms with E-state index in [2.05, 4.69) is 6.92 Å².